The zero-order chi connectivity index (χ0) is 20.5. The molecule has 2 aromatic heterocycles. The minimum Gasteiger partial charge on any atom is -0.487 e. The first-order chi connectivity index (χ1) is 14.7. The Balaban J connectivity index is 1.27. The van der Waals surface area contributed by atoms with E-state index in [1.807, 2.05) is 54.0 Å². The number of pyridine rings is 1. The Hall–Kier alpha value is -3.60. The maximum absolute atomic E-state index is 12.7. The zero-order valence-electron chi connectivity index (χ0n) is 16.9. The molecule has 1 N–H and O–H groups in total. The molecular weight excluding hydrogens is 374 g/mol. The SMILES string of the molecule is Cc1cccn2cc(COc3cccc(C(=O)Nc4ccc5c(c4)CCC5)c3)nc12. The lowest BCUT2D eigenvalue weighted by Gasteiger charge is -2.09. The molecule has 30 heavy (non-hydrogen) atoms. The predicted octanol–water partition coefficient (Wildman–Crippen LogP) is 4.96. The molecule has 0 saturated carbocycles. The highest BCUT2D eigenvalue weighted by Crippen LogP contribution is 2.25. The average Bonchev–Trinajstić information content (AvgIpc) is 3.39. The second kappa shape index (κ2) is 7.67. The fourth-order valence-electron chi connectivity index (χ4n) is 4.01. The molecule has 150 valence electrons. The van der Waals surface area contributed by atoms with E-state index in [0.29, 0.717) is 17.9 Å². The summed E-state index contributed by atoms with van der Waals surface area (Å²) < 4.78 is 7.90. The number of amides is 1. The van der Waals surface area contributed by atoms with Crippen LogP contribution in [0.15, 0.2) is 67.0 Å². The van der Waals surface area contributed by atoms with Gasteiger partial charge in [-0.1, -0.05) is 18.2 Å². The second-order valence-corrected chi connectivity index (χ2v) is 7.76. The van der Waals surface area contributed by atoms with Crippen LogP contribution in [-0.4, -0.2) is 15.3 Å². The number of nitrogens with zero attached hydrogens (tertiary/aromatic N) is 2. The van der Waals surface area contributed by atoms with Crippen molar-refractivity contribution in [3.05, 3.63) is 94.9 Å². The van der Waals surface area contributed by atoms with Gasteiger partial charge in [0.1, 0.15) is 18.0 Å². The van der Waals surface area contributed by atoms with Gasteiger partial charge in [-0.05, 0) is 79.3 Å². The Morgan fingerprint density at radius 3 is 2.90 bits per heavy atom. The summed E-state index contributed by atoms with van der Waals surface area (Å²) in [6.07, 6.45) is 7.35. The van der Waals surface area contributed by atoms with Gasteiger partial charge in [-0.3, -0.25) is 4.79 Å². The van der Waals surface area contributed by atoms with Gasteiger partial charge in [0.15, 0.2) is 0 Å². The first kappa shape index (κ1) is 18.4. The molecule has 5 nitrogen and oxygen atoms in total. The Morgan fingerprint density at radius 2 is 2.00 bits per heavy atom. The molecule has 4 aromatic rings. The van der Waals surface area contributed by atoms with E-state index in [-0.39, 0.29) is 5.91 Å². The normalized spacial score (nSPS) is 12.7. The molecule has 5 rings (SSSR count). The molecule has 2 aromatic carbocycles. The Labute approximate surface area is 175 Å². The summed E-state index contributed by atoms with van der Waals surface area (Å²) in [6, 6.07) is 17.5. The first-order valence-corrected chi connectivity index (χ1v) is 10.2. The summed E-state index contributed by atoms with van der Waals surface area (Å²) in [5, 5.41) is 3.00. The van der Waals surface area contributed by atoms with Crippen molar-refractivity contribution in [3.8, 4) is 5.75 Å². The summed E-state index contributed by atoms with van der Waals surface area (Å²) in [5.41, 5.74) is 7.04. The third-order valence-electron chi connectivity index (χ3n) is 5.57. The average molecular weight is 397 g/mol. The molecule has 2 heterocycles. The quantitative estimate of drug-likeness (QED) is 0.518. The van der Waals surface area contributed by atoms with Crippen LogP contribution in [0.2, 0.25) is 0 Å². The van der Waals surface area contributed by atoms with Gasteiger partial charge in [0, 0.05) is 23.6 Å². The van der Waals surface area contributed by atoms with Crippen LogP contribution in [0.4, 0.5) is 5.69 Å². The molecule has 0 fully saturated rings. The summed E-state index contributed by atoms with van der Waals surface area (Å²) in [5.74, 6) is 0.507. The van der Waals surface area contributed by atoms with Crippen molar-refractivity contribution >= 4 is 17.2 Å². The van der Waals surface area contributed by atoms with Crippen LogP contribution in [0.5, 0.6) is 5.75 Å². The molecule has 1 aliphatic carbocycles. The van der Waals surface area contributed by atoms with Crippen molar-refractivity contribution in [3.63, 3.8) is 0 Å². The Bertz CT molecular complexity index is 1240. The number of imidazole rings is 1. The van der Waals surface area contributed by atoms with E-state index in [1.165, 1.54) is 17.5 Å². The lowest BCUT2D eigenvalue weighted by molar-refractivity contribution is 0.102. The van der Waals surface area contributed by atoms with E-state index < -0.39 is 0 Å². The highest BCUT2D eigenvalue weighted by Gasteiger charge is 2.13. The maximum atomic E-state index is 12.7. The minimum atomic E-state index is -0.137. The lowest BCUT2D eigenvalue weighted by atomic mass is 10.1. The van der Waals surface area contributed by atoms with Crippen LogP contribution in [0.1, 0.15) is 39.2 Å². The van der Waals surface area contributed by atoms with Gasteiger partial charge in [0.25, 0.3) is 5.91 Å². The van der Waals surface area contributed by atoms with Crippen LogP contribution < -0.4 is 10.1 Å². The van der Waals surface area contributed by atoms with Crippen molar-refractivity contribution in [2.24, 2.45) is 0 Å². The minimum absolute atomic E-state index is 0.137. The number of hydrogen-bond acceptors (Lipinski definition) is 3. The second-order valence-electron chi connectivity index (χ2n) is 7.76. The number of benzene rings is 2. The Kier molecular flexibility index (Phi) is 4.71. The summed E-state index contributed by atoms with van der Waals surface area (Å²) in [7, 11) is 0. The number of rotatable bonds is 5. The molecule has 0 bridgehead atoms. The number of carbonyl (C=O) groups excluding carboxylic acids is 1. The van der Waals surface area contributed by atoms with E-state index in [2.05, 4.69) is 22.4 Å². The van der Waals surface area contributed by atoms with Crippen molar-refractivity contribution < 1.29 is 9.53 Å². The van der Waals surface area contributed by atoms with E-state index in [0.717, 1.165) is 35.4 Å². The Morgan fingerprint density at radius 1 is 1.10 bits per heavy atom. The highest BCUT2D eigenvalue weighted by atomic mass is 16.5. The van der Waals surface area contributed by atoms with Gasteiger partial charge >= 0.3 is 0 Å². The first-order valence-electron chi connectivity index (χ1n) is 10.2. The number of carbonyl (C=O) groups is 1. The third-order valence-corrected chi connectivity index (χ3v) is 5.57. The molecule has 5 heteroatoms. The number of nitrogens with one attached hydrogen (secondary N) is 1. The van der Waals surface area contributed by atoms with Gasteiger partial charge in [0.2, 0.25) is 0 Å². The van der Waals surface area contributed by atoms with Crippen molar-refractivity contribution in [1.82, 2.24) is 9.38 Å². The number of ether oxygens (including phenoxy) is 1. The number of anilines is 1. The summed E-state index contributed by atoms with van der Waals surface area (Å²) in [6.45, 7) is 2.38. The number of aryl methyl sites for hydroxylation is 3. The predicted molar refractivity (Wildman–Crippen MR) is 117 cm³/mol. The van der Waals surface area contributed by atoms with Gasteiger partial charge in [-0.25, -0.2) is 4.98 Å². The summed E-state index contributed by atoms with van der Waals surface area (Å²) >= 11 is 0. The van der Waals surface area contributed by atoms with E-state index in [4.69, 9.17) is 4.74 Å². The van der Waals surface area contributed by atoms with Crippen LogP contribution >= 0.6 is 0 Å². The third kappa shape index (κ3) is 3.66. The van der Waals surface area contributed by atoms with Crippen molar-refractivity contribution in [2.75, 3.05) is 5.32 Å². The van der Waals surface area contributed by atoms with E-state index in [9.17, 15) is 4.79 Å². The van der Waals surface area contributed by atoms with E-state index in [1.54, 1.807) is 12.1 Å². The molecule has 0 atom stereocenters. The molecule has 0 radical (unpaired) electrons. The molecule has 0 unspecified atom stereocenters. The van der Waals surface area contributed by atoms with Crippen LogP contribution in [0.3, 0.4) is 0 Å². The molecule has 0 aliphatic heterocycles. The van der Waals surface area contributed by atoms with Crippen LogP contribution in [0.25, 0.3) is 5.65 Å². The van der Waals surface area contributed by atoms with Gasteiger partial charge in [0.05, 0.1) is 5.69 Å². The standard InChI is InChI=1S/C25H23N3O2/c1-17-5-4-12-28-15-22(26-24(17)28)16-30-23-9-3-8-20(14-23)25(29)27-21-11-10-18-6-2-7-19(18)13-21/h3-5,8-15H,2,6-7,16H2,1H3,(H,27,29). The monoisotopic (exact) mass is 397 g/mol. The molecule has 0 spiro atoms. The van der Waals surface area contributed by atoms with Gasteiger partial charge in [-0.15, -0.1) is 0 Å². The molecular formula is C25H23N3O2. The highest BCUT2D eigenvalue weighted by molar-refractivity contribution is 6.04. The summed E-state index contributed by atoms with van der Waals surface area (Å²) in [4.78, 5) is 17.3. The van der Waals surface area contributed by atoms with Crippen LogP contribution in [0, 0.1) is 6.92 Å². The number of hydrogen-bond donors (Lipinski definition) is 1. The maximum Gasteiger partial charge on any atom is 0.255 e. The zero-order valence-corrected chi connectivity index (χ0v) is 16.9. The van der Waals surface area contributed by atoms with Crippen molar-refractivity contribution in [2.45, 2.75) is 32.8 Å². The van der Waals surface area contributed by atoms with Crippen molar-refractivity contribution in [1.29, 1.82) is 0 Å². The van der Waals surface area contributed by atoms with Gasteiger partial charge in [-0.2, -0.15) is 0 Å². The van der Waals surface area contributed by atoms with E-state index >= 15 is 0 Å². The molecule has 0 saturated heterocycles. The number of aromatic nitrogens is 2. The molecule has 1 aliphatic rings. The number of fused-ring (bicyclic) bond motifs is 2. The van der Waals surface area contributed by atoms with Crippen LogP contribution in [-0.2, 0) is 19.4 Å². The lowest BCUT2D eigenvalue weighted by Crippen LogP contribution is -2.12. The molecule has 1 amide bonds. The topological polar surface area (TPSA) is 55.6 Å². The fraction of sp³-hybridized carbons (Fsp3) is 0.200. The fourth-order valence-corrected chi connectivity index (χ4v) is 4.01. The largest absolute Gasteiger partial charge is 0.487 e. The van der Waals surface area contributed by atoms with Gasteiger partial charge < -0.3 is 14.5 Å². The smallest absolute Gasteiger partial charge is 0.255 e.